The predicted octanol–water partition coefficient (Wildman–Crippen LogP) is 2.93. The van der Waals surface area contributed by atoms with Crippen molar-refractivity contribution in [2.75, 3.05) is 30.3 Å². The van der Waals surface area contributed by atoms with E-state index in [9.17, 15) is 4.79 Å². The SMILES string of the molecule is O=C(c1cccc2c1NCCN2)N1CCCC2CCCC21. The molecular weight excluding hydrogens is 262 g/mol. The van der Waals surface area contributed by atoms with Crippen molar-refractivity contribution in [2.24, 2.45) is 5.92 Å². The summed E-state index contributed by atoms with van der Waals surface area (Å²) in [6.07, 6.45) is 6.25. The smallest absolute Gasteiger partial charge is 0.256 e. The van der Waals surface area contributed by atoms with Gasteiger partial charge in [0.15, 0.2) is 0 Å². The lowest BCUT2D eigenvalue weighted by atomic mass is 9.91. The second kappa shape index (κ2) is 5.24. The Hall–Kier alpha value is -1.71. The molecule has 1 saturated heterocycles. The third-order valence-corrected chi connectivity index (χ3v) is 5.29. The Labute approximate surface area is 125 Å². The van der Waals surface area contributed by atoms with E-state index in [1.54, 1.807) is 0 Å². The van der Waals surface area contributed by atoms with Crippen molar-refractivity contribution >= 4 is 17.3 Å². The van der Waals surface area contributed by atoms with Gasteiger partial charge in [0.05, 0.1) is 16.9 Å². The lowest BCUT2D eigenvalue weighted by Crippen LogP contribution is -2.46. The van der Waals surface area contributed by atoms with Crippen LogP contribution in [0.5, 0.6) is 0 Å². The minimum Gasteiger partial charge on any atom is -0.382 e. The number of rotatable bonds is 1. The molecule has 0 radical (unpaired) electrons. The summed E-state index contributed by atoms with van der Waals surface area (Å²) >= 11 is 0. The van der Waals surface area contributed by atoms with E-state index in [-0.39, 0.29) is 5.91 Å². The number of hydrogen-bond donors (Lipinski definition) is 2. The van der Waals surface area contributed by atoms with Crippen LogP contribution in [-0.2, 0) is 0 Å². The molecule has 1 aliphatic carbocycles. The molecule has 2 atom stereocenters. The van der Waals surface area contributed by atoms with E-state index in [0.717, 1.165) is 48.9 Å². The van der Waals surface area contributed by atoms with Crippen molar-refractivity contribution < 1.29 is 4.79 Å². The van der Waals surface area contributed by atoms with Gasteiger partial charge in [0.1, 0.15) is 0 Å². The average molecular weight is 285 g/mol. The molecule has 4 rings (SSSR count). The second-order valence-corrected chi connectivity index (χ2v) is 6.48. The van der Waals surface area contributed by atoms with Crippen LogP contribution >= 0.6 is 0 Å². The summed E-state index contributed by atoms with van der Waals surface area (Å²) in [5.74, 6) is 0.966. The van der Waals surface area contributed by atoms with Crippen molar-refractivity contribution in [2.45, 2.75) is 38.1 Å². The Morgan fingerprint density at radius 3 is 2.90 bits per heavy atom. The van der Waals surface area contributed by atoms with Crippen molar-refractivity contribution in [3.8, 4) is 0 Å². The highest BCUT2D eigenvalue weighted by Crippen LogP contribution is 2.38. The maximum atomic E-state index is 13.1. The maximum absolute atomic E-state index is 13.1. The molecule has 2 aliphatic heterocycles. The van der Waals surface area contributed by atoms with Crippen LogP contribution in [0.3, 0.4) is 0 Å². The quantitative estimate of drug-likeness (QED) is 0.834. The fourth-order valence-electron chi connectivity index (χ4n) is 4.31. The highest BCUT2D eigenvalue weighted by atomic mass is 16.2. The lowest BCUT2D eigenvalue weighted by molar-refractivity contribution is 0.0549. The number of anilines is 2. The van der Waals surface area contributed by atoms with Crippen LogP contribution in [0.15, 0.2) is 18.2 Å². The van der Waals surface area contributed by atoms with Gasteiger partial charge in [0.2, 0.25) is 0 Å². The number of para-hydroxylation sites is 1. The van der Waals surface area contributed by atoms with Gasteiger partial charge in [-0.3, -0.25) is 4.79 Å². The van der Waals surface area contributed by atoms with E-state index in [0.29, 0.717) is 6.04 Å². The van der Waals surface area contributed by atoms with E-state index < -0.39 is 0 Å². The summed E-state index contributed by atoms with van der Waals surface area (Å²) in [6.45, 7) is 2.72. The number of likely N-dealkylation sites (tertiary alicyclic amines) is 1. The first kappa shape index (κ1) is 13.0. The first-order chi connectivity index (χ1) is 10.3. The molecule has 2 unspecified atom stereocenters. The Bertz CT molecular complexity index is 557. The minimum atomic E-state index is 0.222. The summed E-state index contributed by atoms with van der Waals surface area (Å²) in [4.78, 5) is 15.2. The van der Waals surface area contributed by atoms with E-state index in [2.05, 4.69) is 15.5 Å². The number of benzene rings is 1. The van der Waals surface area contributed by atoms with Crippen LogP contribution in [0.1, 0.15) is 42.5 Å². The predicted molar refractivity (Wildman–Crippen MR) is 84.8 cm³/mol. The van der Waals surface area contributed by atoms with E-state index >= 15 is 0 Å². The number of amides is 1. The van der Waals surface area contributed by atoms with Crippen LogP contribution < -0.4 is 10.6 Å². The first-order valence-electron chi connectivity index (χ1n) is 8.26. The number of nitrogens with one attached hydrogen (secondary N) is 2. The number of hydrogen-bond acceptors (Lipinski definition) is 3. The Morgan fingerprint density at radius 1 is 1.10 bits per heavy atom. The molecule has 4 nitrogen and oxygen atoms in total. The van der Waals surface area contributed by atoms with Crippen molar-refractivity contribution in [1.29, 1.82) is 0 Å². The molecule has 1 amide bonds. The zero-order valence-corrected chi connectivity index (χ0v) is 12.4. The number of fused-ring (bicyclic) bond motifs is 2. The first-order valence-corrected chi connectivity index (χ1v) is 8.26. The number of carbonyl (C=O) groups is 1. The highest BCUT2D eigenvalue weighted by molar-refractivity contribution is 6.03. The third-order valence-electron chi connectivity index (χ3n) is 5.29. The molecule has 2 heterocycles. The van der Waals surface area contributed by atoms with Gasteiger partial charge < -0.3 is 15.5 Å². The van der Waals surface area contributed by atoms with Crippen LogP contribution in [0.4, 0.5) is 11.4 Å². The maximum Gasteiger partial charge on any atom is 0.256 e. The van der Waals surface area contributed by atoms with Gasteiger partial charge in [-0.1, -0.05) is 12.5 Å². The Balaban J connectivity index is 1.65. The Morgan fingerprint density at radius 2 is 1.95 bits per heavy atom. The largest absolute Gasteiger partial charge is 0.382 e. The molecule has 0 spiro atoms. The fourth-order valence-corrected chi connectivity index (χ4v) is 4.31. The van der Waals surface area contributed by atoms with E-state index in [1.807, 2.05) is 18.2 Å². The van der Waals surface area contributed by atoms with Crippen LogP contribution in [-0.4, -0.2) is 36.5 Å². The summed E-state index contributed by atoms with van der Waals surface area (Å²) < 4.78 is 0. The number of piperidine rings is 1. The van der Waals surface area contributed by atoms with Gasteiger partial charge in [-0.25, -0.2) is 0 Å². The molecule has 1 aromatic rings. The monoisotopic (exact) mass is 285 g/mol. The average Bonchev–Trinajstić information content (AvgIpc) is 3.02. The van der Waals surface area contributed by atoms with E-state index in [4.69, 9.17) is 0 Å². The highest BCUT2D eigenvalue weighted by Gasteiger charge is 2.38. The van der Waals surface area contributed by atoms with Gasteiger partial charge in [-0.15, -0.1) is 0 Å². The molecule has 0 bridgehead atoms. The Kier molecular flexibility index (Phi) is 3.24. The zero-order chi connectivity index (χ0) is 14.2. The molecule has 2 N–H and O–H groups in total. The summed E-state index contributed by atoms with van der Waals surface area (Å²) in [5, 5.41) is 6.77. The summed E-state index contributed by atoms with van der Waals surface area (Å²) in [6, 6.07) is 6.49. The second-order valence-electron chi connectivity index (χ2n) is 6.48. The molecule has 1 saturated carbocycles. The van der Waals surface area contributed by atoms with E-state index in [1.165, 1.54) is 25.7 Å². The van der Waals surface area contributed by atoms with Gasteiger partial charge in [0.25, 0.3) is 5.91 Å². The molecule has 2 fully saturated rings. The molecule has 112 valence electrons. The molecule has 0 aromatic heterocycles. The normalized spacial score (nSPS) is 27.3. The van der Waals surface area contributed by atoms with Gasteiger partial charge in [-0.2, -0.15) is 0 Å². The number of nitrogens with zero attached hydrogens (tertiary/aromatic N) is 1. The molecule has 21 heavy (non-hydrogen) atoms. The van der Waals surface area contributed by atoms with Crippen LogP contribution in [0.25, 0.3) is 0 Å². The third kappa shape index (κ3) is 2.17. The van der Waals surface area contributed by atoms with Crippen molar-refractivity contribution in [3.05, 3.63) is 23.8 Å². The molecule has 4 heteroatoms. The fraction of sp³-hybridized carbons (Fsp3) is 0.588. The summed E-state index contributed by atoms with van der Waals surface area (Å²) in [7, 11) is 0. The van der Waals surface area contributed by atoms with Crippen molar-refractivity contribution in [1.82, 2.24) is 4.90 Å². The lowest BCUT2D eigenvalue weighted by Gasteiger charge is -2.38. The van der Waals surface area contributed by atoms with Gasteiger partial charge in [0, 0.05) is 25.7 Å². The standard InChI is InChI=1S/C17H23N3O/c21-17(20-11-3-5-12-4-1-8-15(12)20)13-6-2-7-14-16(13)19-10-9-18-14/h2,6-7,12,15,18-19H,1,3-5,8-11H2. The molecular formula is C17H23N3O. The van der Waals surface area contributed by atoms with Crippen LogP contribution in [0.2, 0.25) is 0 Å². The van der Waals surface area contributed by atoms with Gasteiger partial charge in [-0.05, 0) is 43.7 Å². The molecule has 1 aromatic carbocycles. The zero-order valence-electron chi connectivity index (χ0n) is 12.4. The van der Waals surface area contributed by atoms with Crippen molar-refractivity contribution in [3.63, 3.8) is 0 Å². The minimum absolute atomic E-state index is 0.222. The summed E-state index contributed by atoms with van der Waals surface area (Å²) in [5.41, 5.74) is 2.90. The number of carbonyl (C=O) groups excluding carboxylic acids is 1. The topological polar surface area (TPSA) is 44.4 Å². The molecule has 3 aliphatic rings. The van der Waals surface area contributed by atoms with Crippen LogP contribution in [0, 0.1) is 5.92 Å². The van der Waals surface area contributed by atoms with Gasteiger partial charge >= 0.3 is 0 Å².